The molecular weight excluding hydrogens is 348 g/mol. The van der Waals surface area contributed by atoms with E-state index < -0.39 is 0 Å². The van der Waals surface area contributed by atoms with Gasteiger partial charge in [0.2, 0.25) is 0 Å². The zero-order chi connectivity index (χ0) is 18.3. The zero-order valence-corrected chi connectivity index (χ0v) is 15.7. The quantitative estimate of drug-likeness (QED) is 0.620. The van der Waals surface area contributed by atoms with Gasteiger partial charge in [-0.3, -0.25) is 9.78 Å². The van der Waals surface area contributed by atoms with E-state index in [1.165, 1.54) is 18.2 Å². The first-order valence-electron chi connectivity index (χ1n) is 9.19. The van der Waals surface area contributed by atoms with E-state index in [0.29, 0.717) is 23.3 Å². The highest BCUT2D eigenvalue weighted by atomic mass is 35.5. The lowest BCUT2D eigenvalue weighted by molar-refractivity contribution is -0.140. The van der Waals surface area contributed by atoms with Gasteiger partial charge in [0.15, 0.2) is 0 Å². The number of anilines is 1. The molecule has 4 nitrogen and oxygen atoms in total. The van der Waals surface area contributed by atoms with Gasteiger partial charge < -0.3 is 10.5 Å². The third-order valence-electron chi connectivity index (χ3n) is 5.64. The van der Waals surface area contributed by atoms with Crippen LogP contribution in [0.3, 0.4) is 0 Å². The van der Waals surface area contributed by atoms with Crippen molar-refractivity contribution in [2.75, 3.05) is 12.8 Å². The van der Waals surface area contributed by atoms with Crippen molar-refractivity contribution in [2.24, 2.45) is 5.92 Å². The SMILES string of the molecule is COC(=O)CCCC1=CC2Cc3nc4cc(Cl)ccc4c(N)c3C(C1)C2. The molecule has 5 heteroatoms. The molecule has 4 rings (SSSR count). The fourth-order valence-electron chi connectivity index (χ4n) is 4.53. The molecule has 2 aromatic rings. The smallest absolute Gasteiger partial charge is 0.305 e. The second-order valence-corrected chi connectivity index (χ2v) is 7.84. The van der Waals surface area contributed by atoms with E-state index in [1.54, 1.807) is 0 Å². The average molecular weight is 371 g/mol. The highest BCUT2D eigenvalue weighted by Gasteiger charge is 2.33. The van der Waals surface area contributed by atoms with E-state index >= 15 is 0 Å². The van der Waals surface area contributed by atoms with E-state index in [1.807, 2.05) is 18.2 Å². The second-order valence-electron chi connectivity index (χ2n) is 7.40. The van der Waals surface area contributed by atoms with Crippen LogP contribution >= 0.6 is 11.6 Å². The van der Waals surface area contributed by atoms with Crippen molar-refractivity contribution in [1.82, 2.24) is 4.98 Å². The molecule has 2 aliphatic carbocycles. The van der Waals surface area contributed by atoms with Gasteiger partial charge in [0.1, 0.15) is 0 Å². The number of pyridine rings is 1. The highest BCUT2D eigenvalue weighted by molar-refractivity contribution is 6.31. The van der Waals surface area contributed by atoms with Gasteiger partial charge in [-0.15, -0.1) is 0 Å². The van der Waals surface area contributed by atoms with Crippen LogP contribution in [-0.2, 0) is 16.0 Å². The number of methoxy groups -OCH3 is 1. The van der Waals surface area contributed by atoms with Crippen LogP contribution in [0, 0.1) is 5.92 Å². The molecular formula is C21H23ClN2O2. The maximum Gasteiger partial charge on any atom is 0.305 e. The van der Waals surface area contributed by atoms with Gasteiger partial charge in [-0.2, -0.15) is 0 Å². The van der Waals surface area contributed by atoms with Crippen molar-refractivity contribution in [3.63, 3.8) is 0 Å². The summed E-state index contributed by atoms with van der Waals surface area (Å²) >= 11 is 6.13. The van der Waals surface area contributed by atoms with Gasteiger partial charge in [-0.1, -0.05) is 23.3 Å². The van der Waals surface area contributed by atoms with Gasteiger partial charge in [-0.05, 0) is 62.1 Å². The number of rotatable bonds is 4. The Balaban J connectivity index is 1.60. The monoisotopic (exact) mass is 370 g/mol. The second kappa shape index (κ2) is 6.92. The number of aromatic nitrogens is 1. The Morgan fingerprint density at radius 2 is 2.23 bits per heavy atom. The molecule has 0 spiro atoms. The molecule has 2 unspecified atom stereocenters. The van der Waals surface area contributed by atoms with Crippen LogP contribution in [-0.4, -0.2) is 18.1 Å². The minimum atomic E-state index is -0.134. The number of carbonyl (C=O) groups excluding carboxylic acids is 1. The number of esters is 1. The van der Waals surface area contributed by atoms with Gasteiger partial charge in [0, 0.05) is 33.8 Å². The molecule has 0 amide bonds. The minimum absolute atomic E-state index is 0.134. The van der Waals surface area contributed by atoms with Crippen molar-refractivity contribution in [3.05, 3.63) is 46.1 Å². The first-order chi connectivity index (χ1) is 12.5. The van der Waals surface area contributed by atoms with Crippen molar-refractivity contribution in [1.29, 1.82) is 0 Å². The van der Waals surface area contributed by atoms with Crippen LogP contribution < -0.4 is 5.73 Å². The topological polar surface area (TPSA) is 65.2 Å². The van der Waals surface area contributed by atoms with Crippen LogP contribution in [0.15, 0.2) is 29.8 Å². The maximum atomic E-state index is 11.3. The number of hydrogen-bond donors (Lipinski definition) is 1. The molecule has 0 aliphatic heterocycles. The Kier molecular flexibility index (Phi) is 4.62. The molecule has 0 saturated carbocycles. The standard InChI is InChI=1S/C21H23ClN2O2/c1-26-19(25)4-2-3-12-7-13-9-14(8-12)20-18(10-13)24-17-11-15(22)5-6-16(17)21(20)23/h5-7,11,13-14H,2-4,8-10H2,1H3,(H2,23,24). The van der Waals surface area contributed by atoms with Crippen LogP contribution in [0.1, 0.15) is 49.3 Å². The lowest BCUT2D eigenvalue weighted by Gasteiger charge is -2.36. The number of carbonyl (C=O) groups is 1. The van der Waals surface area contributed by atoms with Gasteiger partial charge in [0.05, 0.1) is 12.6 Å². The normalized spacial score (nSPS) is 21.2. The molecule has 2 aliphatic rings. The van der Waals surface area contributed by atoms with Crippen LogP contribution in [0.25, 0.3) is 10.9 Å². The number of benzene rings is 1. The number of hydrogen-bond acceptors (Lipinski definition) is 4. The summed E-state index contributed by atoms with van der Waals surface area (Å²) < 4.78 is 4.73. The molecule has 1 aromatic carbocycles. The highest BCUT2D eigenvalue weighted by Crippen LogP contribution is 2.47. The Labute approximate surface area is 158 Å². The number of nitrogens with zero attached hydrogens (tertiary/aromatic N) is 1. The third kappa shape index (κ3) is 3.18. The Morgan fingerprint density at radius 3 is 3.04 bits per heavy atom. The summed E-state index contributed by atoms with van der Waals surface area (Å²) in [6.45, 7) is 0. The van der Waals surface area contributed by atoms with Crippen LogP contribution in [0.2, 0.25) is 5.02 Å². The van der Waals surface area contributed by atoms with Gasteiger partial charge >= 0.3 is 5.97 Å². The fourth-order valence-corrected chi connectivity index (χ4v) is 4.70. The lowest BCUT2D eigenvalue weighted by Crippen LogP contribution is -2.24. The molecule has 0 saturated heterocycles. The first-order valence-corrected chi connectivity index (χ1v) is 9.57. The number of nitrogen functional groups attached to an aromatic ring is 1. The molecule has 2 atom stereocenters. The molecule has 2 bridgehead atoms. The van der Waals surface area contributed by atoms with Crippen molar-refractivity contribution >= 4 is 34.2 Å². The Bertz CT molecular complexity index is 907. The van der Waals surface area contributed by atoms with E-state index in [2.05, 4.69) is 6.08 Å². The fraction of sp³-hybridized carbons (Fsp3) is 0.429. The average Bonchev–Trinajstić information content (AvgIpc) is 2.60. The molecule has 1 heterocycles. The van der Waals surface area contributed by atoms with E-state index in [9.17, 15) is 4.79 Å². The number of nitrogens with two attached hydrogens (primary N) is 1. The van der Waals surface area contributed by atoms with Crippen molar-refractivity contribution in [2.45, 2.75) is 44.4 Å². The van der Waals surface area contributed by atoms with E-state index in [0.717, 1.165) is 54.4 Å². The van der Waals surface area contributed by atoms with Crippen LogP contribution in [0.4, 0.5) is 5.69 Å². The maximum absolute atomic E-state index is 11.3. The summed E-state index contributed by atoms with van der Waals surface area (Å²) in [6, 6.07) is 5.74. The number of allylic oxidation sites excluding steroid dienone is 2. The van der Waals surface area contributed by atoms with Crippen LogP contribution in [0.5, 0.6) is 0 Å². The van der Waals surface area contributed by atoms with Crippen molar-refractivity contribution in [3.8, 4) is 0 Å². The summed E-state index contributed by atoms with van der Waals surface area (Å²) in [7, 11) is 1.44. The predicted molar refractivity (Wildman–Crippen MR) is 104 cm³/mol. The molecule has 1 aromatic heterocycles. The summed E-state index contributed by atoms with van der Waals surface area (Å²) in [5, 5.41) is 1.68. The summed E-state index contributed by atoms with van der Waals surface area (Å²) in [5.74, 6) is 0.804. The van der Waals surface area contributed by atoms with Gasteiger partial charge in [0.25, 0.3) is 0 Å². The molecule has 136 valence electrons. The number of ether oxygens (including phenoxy) is 1. The number of halogens is 1. The summed E-state index contributed by atoms with van der Waals surface area (Å²) in [6.07, 6.45) is 7.75. The molecule has 26 heavy (non-hydrogen) atoms. The Morgan fingerprint density at radius 1 is 1.38 bits per heavy atom. The predicted octanol–water partition coefficient (Wildman–Crippen LogP) is 4.79. The Hall–Kier alpha value is -2.07. The van der Waals surface area contributed by atoms with Crippen molar-refractivity contribution < 1.29 is 9.53 Å². The lowest BCUT2D eigenvalue weighted by atomic mass is 9.70. The summed E-state index contributed by atoms with van der Waals surface area (Å²) in [4.78, 5) is 16.2. The third-order valence-corrected chi connectivity index (χ3v) is 5.88. The minimum Gasteiger partial charge on any atom is -0.469 e. The first kappa shape index (κ1) is 17.3. The van der Waals surface area contributed by atoms with E-state index in [4.69, 9.17) is 27.1 Å². The summed E-state index contributed by atoms with van der Waals surface area (Å²) in [5.41, 5.74) is 12.1. The largest absolute Gasteiger partial charge is 0.469 e. The van der Waals surface area contributed by atoms with Gasteiger partial charge in [-0.25, -0.2) is 0 Å². The molecule has 0 radical (unpaired) electrons. The van der Waals surface area contributed by atoms with E-state index in [-0.39, 0.29) is 5.97 Å². The zero-order valence-electron chi connectivity index (χ0n) is 14.9. The molecule has 2 N–H and O–H groups in total. The number of fused-ring (bicyclic) bond motifs is 5. The molecule has 0 fully saturated rings.